The summed E-state index contributed by atoms with van der Waals surface area (Å²) in [5, 5.41) is 13.2. The summed E-state index contributed by atoms with van der Waals surface area (Å²) in [5.74, 6) is 1.57. The molecule has 1 atom stereocenters. The molecule has 0 saturated carbocycles. The van der Waals surface area contributed by atoms with Gasteiger partial charge in [0.1, 0.15) is 18.7 Å². The summed E-state index contributed by atoms with van der Waals surface area (Å²) in [6, 6.07) is 1.08. The molecule has 0 amide bonds. The minimum absolute atomic E-state index is 0.0455. The predicted octanol–water partition coefficient (Wildman–Crippen LogP) is 4.13. The van der Waals surface area contributed by atoms with E-state index in [9.17, 15) is 0 Å². The van der Waals surface area contributed by atoms with Crippen LogP contribution in [0.2, 0.25) is 31.0 Å². The summed E-state index contributed by atoms with van der Waals surface area (Å²) < 4.78 is 9.61. The molecule has 0 fully saturated rings. The maximum absolute atomic E-state index is 6.23. The summed E-state index contributed by atoms with van der Waals surface area (Å²) in [4.78, 5) is 11.0. The van der Waals surface area contributed by atoms with E-state index < -0.39 is 8.07 Å². The Morgan fingerprint density at radius 3 is 2.77 bits per heavy atom. The molecule has 1 aliphatic heterocycles. The lowest BCUT2D eigenvalue weighted by Crippen LogP contribution is -2.32. The second-order valence-electron chi connectivity index (χ2n) is 8.69. The topological polar surface area (TPSA) is 86.8 Å². The summed E-state index contributed by atoms with van der Waals surface area (Å²) in [7, 11) is -1.11. The summed E-state index contributed by atoms with van der Waals surface area (Å²) in [6.45, 7) is 12.2. The van der Waals surface area contributed by atoms with Gasteiger partial charge in [0.2, 0.25) is 5.28 Å². The highest BCUT2D eigenvalue weighted by Gasteiger charge is 2.36. The van der Waals surface area contributed by atoms with Crippen molar-refractivity contribution in [2.45, 2.75) is 58.7 Å². The zero-order valence-corrected chi connectivity index (χ0v) is 19.8. The number of nitrogens with zero attached hydrogens (tertiary/aromatic N) is 8. The second kappa shape index (κ2) is 8.08. The fourth-order valence-electron chi connectivity index (χ4n) is 3.63. The van der Waals surface area contributed by atoms with Gasteiger partial charge >= 0.3 is 0 Å². The molecule has 0 saturated heterocycles. The number of anilines is 2. The van der Waals surface area contributed by atoms with Crippen LogP contribution in [0.3, 0.4) is 0 Å². The zero-order chi connectivity index (χ0) is 21.5. The standard InChI is InChI=1S/C19H27ClN8OSi/c1-6-15-17-25-21-11-27(17)16-13(2)23-19(20)24-18(16)28(15)14-9-22-26(10-14)12-29-7-8-30(3,4)5/h9-11,15H,6-8,12H2,1-5H3. The van der Waals surface area contributed by atoms with E-state index in [1.807, 2.05) is 23.9 Å². The SMILES string of the molecule is CCC1c2nncn2-c2c(C)nc(Cl)nc2N1c1cnn(COCC[Si](C)(C)C)c1. The van der Waals surface area contributed by atoms with Crippen molar-refractivity contribution in [3.8, 4) is 5.69 Å². The number of rotatable bonds is 7. The number of aryl methyl sites for hydroxylation is 1. The molecule has 160 valence electrons. The van der Waals surface area contributed by atoms with Crippen LogP contribution >= 0.6 is 11.6 Å². The molecule has 0 aliphatic carbocycles. The molecule has 4 rings (SSSR count). The van der Waals surface area contributed by atoms with Crippen LogP contribution in [0.1, 0.15) is 30.9 Å². The van der Waals surface area contributed by atoms with Crippen LogP contribution in [0.4, 0.5) is 11.5 Å². The van der Waals surface area contributed by atoms with E-state index in [0.717, 1.165) is 47.8 Å². The molecule has 3 aromatic rings. The lowest BCUT2D eigenvalue weighted by Gasteiger charge is -2.36. The van der Waals surface area contributed by atoms with E-state index >= 15 is 0 Å². The van der Waals surface area contributed by atoms with Crippen molar-refractivity contribution in [2.24, 2.45) is 0 Å². The molecule has 0 spiro atoms. The first-order chi connectivity index (χ1) is 14.3. The molecule has 1 aliphatic rings. The molecule has 3 aromatic heterocycles. The van der Waals surface area contributed by atoms with Crippen molar-refractivity contribution in [3.05, 3.63) is 35.5 Å². The van der Waals surface area contributed by atoms with Crippen molar-refractivity contribution in [3.63, 3.8) is 0 Å². The van der Waals surface area contributed by atoms with Crippen molar-refractivity contribution in [1.82, 2.24) is 34.5 Å². The maximum atomic E-state index is 6.23. The van der Waals surface area contributed by atoms with Gasteiger partial charge in [-0.15, -0.1) is 10.2 Å². The van der Waals surface area contributed by atoms with Gasteiger partial charge in [-0.25, -0.2) is 9.67 Å². The van der Waals surface area contributed by atoms with Gasteiger partial charge in [-0.1, -0.05) is 26.6 Å². The minimum Gasteiger partial charge on any atom is -0.360 e. The first-order valence-electron chi connectivity index (χ1n) is 10.1. The Bertz CT molecular complexity index is 1040. The van der Waals surface area contributed by atoms with Gasteiger partial charge in [-0.3, -0.25) is 4.57 Å². The largest absolute Gasteiger partial charge is 0.360 e. The van der Waals surface area contributed by atoms with Gasteiger partial charge in [0.25, 0.3) is 0 Å². The Morgan fingerprint density at radius 1 is 1.23 bits per heavy atom. The molecule has 30 heavy (non-hydrogen) atoms. The number of aromatic nitrogens is 7. The van der Waals surface area contributed by atoms with Crippen molar-refractivity contribution in [2.75, 3.05) is 11.5 Å². The molecule has 0 N–H and O–H groups in total. The molecule has 11 heteroatoms. The van der Waals surface area contributed by atoms with E-state index in [4.69, 9.17) is 16.3 Å². The molecular weight excluding hydrogens is 420 g/mol. The van der Waals surface area contributed by atoms with E-state index in [0.29, 0.717) is 6.73 Å². The predicted molar refractivity (Wildman–Crippen MR) is 118 cm³/mol. The molecule has 4 heterocycles. The number of fused-ring (bicyclic) bond motifs is 3. The second-order valence-corrected chi connectivity index (χ2v) is 14.6. The average molecular weight is 447 g/mol. The van der Waals surface area contributed by atoms with Crippen LogP contribution < -0.4 is 4.90 Å². The van der Waals surface area contributed by atoms with Gasteiger partial charge < -0.3 is 9.64 Å². The molecule has 9 nitrogen and oxygen atoms in total. The monoisotopic (exact) mass is 446 g/mol. The Morgan fingerprint density at radius 2 is 2.03 bits per heavy atom. The van der Waals surface area contributed by atoms with Gasteiger partial charge in [-0.05, 0) is 31.0 Å². The summed E-state index contributed by atoms with van der Waals surface area (Å²) in [6.07, 6.45) is 6.31. The molecule has 1 unspecified atom stereocenters. The third kappa shape index (κ3) is 3.99. The lowest BCUT2D eigenvalue weighted by molar-refractivity contribution is 0.0786. The normalized spacial score (nSPS) is 15.9. The van der Waals surface area contributed by atoms with Crippen LogP contribution in [-0.2, 0) is 11.5 Å². The number of halogens is 1. The van der Waals surface area contributed by atoms with E-state index in [1.165, 1.54) is 0 Å². The van der Waals surface area contributed by atoms with Crippen molar-refractivity contribution >= 4 is 31.2 Å². The highest BCUT2D eigenvalue weighted by molar-refractivity contribution is 6.76. The molecule has 0 radical (unpaired) electrons. The fraction of sp³-hybridized carbons (Fsp3) is 0.526. The highest BCUT2D eigenvalue weighted by atomic mass is 35.5. The third-order valence-electron chi connectivity index (χ3n) is 5.17. The van der Waals surface area contributed by atoms with Gasteiger partial charge in [0, 0.05) is 14.7 Å². The van der Waals surface area contributed by atoms with Crippen LogP contribution in [0.5, 0.6) is 0 Å². The Labute approximate surface area is 182 Å². The lowest BCUT2D eigenvalue weighted by atomic mass is 10.1. The minimum atomic E-state index is -1.11. The Kier molecular flexibility index (Phi) is 5.65. The van der Waals surface area contributed by atoms with Crippen LogP contribution in [0, 0.1) is 6.92 Å². The number of hydrogen-bond donors (Lipinski definition) is 0. The Hall–Kier alpha value is -2.30. The summed E-state index contributed by atoms with van der Waals surface area (Å²) in [5.41, 5.74) is 2.51. The van der Waals surface area contributed by atoms with E-state index in [-0.39, 0.29) is 11.3 Å². The maximum Gasteiger partial charge on any atom is 0.224 e. The van der Waals surface area contributed by atoms with E-state index in [1.54, 1.807) is 11.0 Å². The third-order valence-corrected chi connectivity index (χ3v) is 7.04. The van der Waals surface area contributed by atoms with Gasteiger partial charge in [-0.2, -0.15) is 10.1 Å². The van der Waals surface area contributed by atoms with Crippen LogP contribution in [0.15, 0.2) is 18.7 Å². The smallest absolute Gasteiger partial charge is 0.224 e. The van der Waals surface area contributed by atoms with E-state index in [2.05, 4.69) is 56.7 Å². The number of hydrogen-bond acceptors (Lipinski definition) is 7. The van der Waals surface area contributed by atoms with Crippen molar-refractivity contribution in [1.29, 1.82) is 0 Å². The zero-order valence-electron chi connectivity index (χ0n) is 18.0. The molecule has 0 aromatic carbocycles. The number of ether oxygens (including phenoxy) is 1. The first kappa shape index (κ1) is 20.9. The Balaban J connectivity index is 1.65. The van der Waals surface area contributed by atoms with Gasteiger partial charge in [0.15, 0.2) is 11.6 Å². The fourth-order valence-corrected chi connectivity index (χ4v) is 4.59. The van der Waals surface area contributed by atoms with Gasteiger partial charge in [0.05, 0.1) is 29.8 Å². The van der Waals surface area contributed by atoms with Crippen molar-refractivity contribution < 1.29 is 4.74 Å². The molecular formula is C19H27ClN8OSi. The average Bonchev–Trinajstić information content (AvgIpc) is 3.32. The summed E-state index contributed by atoms with van der Waals surface area (Å²) >= 11 is 6.23. The van der Waals surface area contributed by atoms with Crippen LogP contribution in [-0.4, -0.2) is 49.2 Å². The van der Waals surface area contributed by atoms with Crippen LogP contribution in [0.25, 0.3) is 5.69 Å². The highest BCUT2D eigenvalue weighted by Crippen LogP contribution is 2.43. The first-order valence-corrected chi connectivity index (χ1v) is 14.2. The quantitative estimate of drug-likeness (QED) is 0.306. The molecule has 0 bridgehead atoms.